The van der Waals surface area contributed by atoms with Crippen molar-refractivity contribution in [1.29, 1.82) is 0 Å². The Bertz CT molecular complexity index is 169. The Hall–Kier alpha value is -0.370. The predicted molar refractivity (Wildman–Crippen MR) is 49.9 cm³/mol. The van der Waals surface area contributed by atoms with Gasteiger partial charge in [-0.05, 0) is 19.3 Å². The Morgan fingerprint density at radius 2 is 1.92 bits per heavy atom. The van der Waals surface area contributed by atoms with E-state index in [2.05, 4.69) is 21.1 Å². The molecule has 2 heteroatoms. The first-order valence-electron chi connectivity index (χ1n) is 4.83. The van der Waals surface area contributed by atoms with Crippen LogP contribution in [0.2, 0.25) is 0 Å². The summed E-state index contributed by atoms with van der Waals surface area (Å²) in [4.78, 5) is 11.3. The second-order valence-electron chi connectivity index (χ2n) is 4.76. The van der Waals surface area contributed by atoms with Gasteiger partial charge in [0.2, 0.25) is 0 Å². The molecule has 2 nitrogen and oxygen atoms in total. The highest BCUT2D eigenvalue weighted by molar-refractivity contribution is 5.79. The van der Waals surface area contributed by atoms with Crippen LogP contribution in [0.1, 0.15) is 32.1 Å². The molecule has 1 atom stereocenters. The molecular weight excluding hydrogens is 150 g/mol. The third-order valence-corrected chi connectivity index (χ3v) is 2.80. The number of quaternary nitrogens is 1. The predicted octanol–water partition coefficient (Wildman–Crippen LogP) is 1.59. The molecule has 1 unspecified atom stereocenters. The van der Waals surface area contributed by atoms with Crippen molar-refractivity contribution in [3.05, 3.63) is 0 Å². The molecule has 0 aromatic carbocycles. The second kappa shape index (κ2) is 3.56. The molecule has 0 aromatic heterocycles. The van der Waals surface area contributed by atoms with Gasteiger partial charge >= 0.3 is 0 Å². The molecule has 0 saturated heterocycles. The Labute approximate surface area is 75.1 Å². The van der Waals surface area contributed by atoms with Crippen LogP contribution >= 0.6 is 0 Å². The van der Waals surface area contributed by atoms with Gasteiger partial charge in [0, 0.05) is 6.42 Å². The molecule has 0 aromatic rings. The number of nitrogens with zero attached hydrogens (tertiary/aromatic N) is 1. The number of ketones is 1. The summed E-state index contributed by atoms with van der Waals surface area (Å²) < 4.78 is 0.936. The number of carbonyl (C=O) groups is 1. The SMILES string of the molecule is C[N+](C)(C)C1CCCCC(=O)C1. The molecule has 0 spiro atoms. The van der Waals surface area contributed by atoms with E-state index in [0.29, 0.717) is 11.8 Å². The highest BCUT2D eigenvalue weighted by Crippen LogP contribution is 2.21. The summed E-state index contributed by atoms with van der Waals surface area (Å²) in [5.41, 5.74) is 0. The first-order valence-corrected chi connectivity index (χ1v) is 4.83. The molecule has 1 aliphatic carbocycles. The molecule has 0 aliphatic heterocycles. The molecule has 0 radical (unpaired) electrons. The van der Waals surface area contributed by atoms with E-state index < -0.39 is 0 Å². The monoisotopic (exact) mass is 170 g/mol. The highest BCUT2D eigenvalue weighted by Gasteiger charge is 2.27. The van der Waals surface area contributed by atoms with Crippen LogP contribution in [0.4, 0.5) is 0 Å². The Balaban J connectivity index is 2.58. The smallest absolute Gasteiger partial charge is 0.138 e. The third kappa shape index (κ3) is 2.59. The van der Waals surface area contributed by atoms with Crippen molar-refractivity contribution in [2.24, 2.45) is 0 Å². The molecule has 1 aliphatic rings. The van der Waals surface area contributed by atoms with E-state index in [1.54, 1.807) is 0 Å². The van der Waals surface area contributed by atoms with Gasteiger partial charge in [-0.25, -0.2) is 0 Å². The van der Waals surface area contributed by atoms with Crippen LogP contribution in [0.25, 0.3) is 0 Å². The van der Waals surface area contributed by atoms with Gasteiger partial charge in [0.1, 0.15) is 5.78 Å². The number of hydrogen-bond donors (Lipinski definition) is 0. The average Bonchev–Trinajstić information content (AvgIpc) is 2.11. The number of rotatable bonds is 1. The molecule has 0 amide bonds. The molecule has 0 heterocycles. The van der Waals surface area contributed by atoms with Gasteiger partial charge in [-0.3, -0.25) is 4.79 Å². The molecule has 70 valence electrons. The van der Waals surface area contributed by atoms with Crippen LogP contribution in [0.3, 0.4) is 0 Å². The zero-order chi connectivity index (χ0) is 9.19. The van der Waals surface area contributed by atoms with Gasteiger partial charge in [-0.1, -0.05) is 0 Å². The van der Waals surface area contributed by atoms with E-state index in [9.17, 15) is 4.79 Å². The van der Waals surface area contributed by atoms with E-state index in [-0.39, 0.29) is 0 Å². The molecule has 1 fully saturated rings. The highest BCUT2D eigenvalue weighted by atomic mass is 16.1. The second-order valence-corrected chi connectivity index (χ2v) is 4.76. The minimum atomic E-state index is 0.463. The lowest BCUT2D eigenvalue weighted by molar-refractivity contribution is -0.895. The average molecular weight is 170 g/mol. The lowest BCUT2D eigenvalue weighted by atomic mass is 10.1. The third-order valence-electron chi connectivity index (χ3n) is 2.80. The summed E-state index contributed by atoms with van der Waals surface area (Å²) >= 11 is 0. The number of Topliss-reactive ketones (excluding diaryl/α,β-unsaturated/α-hetero) is 1. The quantitative estimate of drug-likeness (QED) is 0.431. The summed E-state index contributed by atoms with van der Waals surface area (Å²) in [6.07, 6.45) is 5.16. The zero-order valence-corrected chi connectivity index (χ0v) is 8.47. The first kappa shape index (κ1) is 9.72. The van der Waals surface area contributed by atoms with Crippen LogP contribution in [-0.2, 0) is 4.79 Å². The van der Waals surface area contributed by atoms with Gasteiger partial charge in [0.15, 0.2) is 0 Å². The van der Waals surface area contributed by atoms with E-state index in [0.717, 1.165) is 23.7 Å². The van der Waals surface area contributed by atoms with Crippen LogP contribution in [0, 0.1) is 0 Å². The van der Waals surface area contributed by atoms with E-state index in [1.165, 1.54) is 12.8 Å². The fourth-order valence-corrected chi connectivity index (χ4v) is 1.83. The standard InChI is InChI=1S/C10H20NO/c1-11(2,3)9-6-4-5-7-10(12)8-9/h9H,4-8H2,1-3H3/q+1. The Kier molecular flexibility index (Phi) is 2.89. The molecule has 0 N–H and O–H groups in total. The minimum Gasteiger partial charge on any atom is -0.328 e. The molecular formula is C10H20NO+. The van der Waals surface area contributed by atoms with Crippen LogP contribution in [-0.4, -0.2) is 37.5 Å². The lowest BCUT2D eigenvalue weighted by Gasteiger charge is -2.33. The summed E-state index contributed by atoms with van der Waals surface area (Å²) in [5, 5.41) is 0. The molecule has 1 rings (SSSR count). The van der Waals surface area contributed by atoms with Crippen molar-refractivity contribution in [2.45, 2.75) is 38.1 Å². The number of hydrogen-bond acceptors (Lipinski definition) is 1. The van der Waals surface area contributed by atoms with Crippen LogP contribution in [0.15, 0.2) is 0 Å². The van der Waals surface area contributed by atoms with Crippen molar-refractivity contribution >= 4 is 5.78 Å². The summed E-state index contributed by atoms with van der Waals surface area (Å²) in [5.74, 6) is 0.463. The zero-order valence-electron chi connectivity index (χ0n) is 8.47. The van der Waals surface area contributed by atoms with Gasteiger partial charge in [0.05, 0.1) is 33.6 Å². The largest absolute Gasteiger partial charge is 0.328 e. The van der Waals surface area contributed by atoms with Gasteiger partial charge in [-0.2, -0.15) is 0 Å². The van der Waals surface area contributed by atoms with Gasteiger partial charge < -0.3 is 4.48 Å². The summed E-state index contributed by atoms with van der Waals surface area (Å²) in [7, 11) is 6.55. The van der Waals surface area contributed by atoms with Crippen LogP contribution in [0.5, 0.6) is 0 Å². The Morgan fingerprint density at radius 1 is 1.25 bits per heavy atom. The fraction of sp³-hybridized carbons (Fsp3) is 0.900. The topological polar surface area (TPSA) is 17.1 Å². The fourth-order valence-electron chi connectivity index (χ4n) is 1.83. The Morgan fingerprint density at radius 3 is 2.50 bits per heavy atom. The number of carbonyl (C=O) groups excluding carboxylic acids is 1. The van der Waals surface area contributed by atoms with Gasteiger partial charge in [0.25, 0.3) is 0 Å². The van der Waals surface area contributed by atoms with Crippen molar-refractivity contribution in [3.8, 4) is 0 Å². The van der Waals surface area contributed by atoms with Crippen molar-refractivity contribution in [2.75, 3.05) is 21.1 Å². The molecule has 12 heavy (non-hydrogen) atoms. The van der Waals surface area contributed by atoms with E-state index >= 15 is 0 Å². The summed E-state index contributed by atoms with van der Waals surface area (Å²) in [6.45, 7) is 0. The molecule has 0 bridgehead atoms. The molecule has 1 saturated carbocycles. The minimum absolute atomic E-state index is 0.463. The normalized spacial score (nSPS) is 26.9. The van der Waals surface area contributed by atoms with Gasteiger partial charge in [-0.15, -0.1) is 0 Å². The maximum Gasteiger partial charge on any atom is 0.138 e. The van der Waals surface area contributed by atoms with Crippen LogP contribution < -0.4 is 0 Å². The lowest BCUT2D eigenvalue weighted by Crippen LogP contribution is -2.45. The van der Waals surface area contributed by atoms with Crippen molar-refractivity contribution in [3.63, 3.8) is 0 Å². The summed E-state index contributed by atoms with van der Waals surface area (Å²) in [6, 6.07) is 0.556. The maximum absolute atomic E-state index is 11.3. The van der Waals surface area contributed by atoms with Crippen molar-refractivity contribution in [1.82, 2.24) is 0 Å². The first-order chi connectivity index (χ1) is 5.50. The van der Waals surface area contributed by atoms with E-state index in [1.807, 2.05) is 0 Å². The van der Waals surface area contributed by atoms with Crippen molar-refractivity contribution < 1.29 is 9.28 Å². The maximum atomic E-state index is 11.3. The van der Waals surface area contributed by atoms with E-state index in [4.69, 9.17) is 0 Å².